The van der Waals surface area contributed by atoms with Crippen LogP contribution < -0.4 is 16.6 Å². The summed E-state index contributed by atoms with van der Waals surface area (Å²) >= 11 is 4.52. The minimum Gasteiger partial charge on any atom is -0.459 e. The molecule has 1 aliphatic heterocycles. The molecule has 0 aromatic rings. The molecule has 0 bridgehead atoms. The zero-order chi connectivity index (χ0) is 12.3. The van der Waals surface area contributed by atoms with Crippen molar-refractivity contribution in [2.75, 3.05) is 0 Å². The van der Waals surface area contributed by atoms with Crippen LogP contribution in [0.25, 0.3) is 0 Å². The van der Waals surface area contributed by atoms with Gasteiger partial charge in [0, 0.05) is 12.8 Å². The summed E-state index contributed by atoms with van der Waals surface area (Å²) in [6.07, 6.45) is 0.601. The second-order valence-electron chi connectivity index (χ2n) is 4.32. The molecule has 1 heterocycles. The molecule has 6 nitrogen and oxygen atoms in total. The van der Waals surface area contributed by atoms with Crippen molar-refractivity contribution in [3.8, 4) is 0 Å². The van der Waals surface area contributed by atoms with Crippen molar-refractivity contribution in [2.45, 2.75) is 32.3 Å². The molecular formula is C9H15N3O3S. The van der Waals surface area contributed by atoms with Gasteiger partial charge in [0.2, 0.25) is 5.91 Å². The normalized spacial score (nSPS) is 22.4. The third kappa shape index (κ3) is 3.65. The van der Waals surface area contributed by atoms with Gasteiger partial charge in [0.15, 0.2) is 5.11 Å². The number of amides is 1. The molecule has 0 saturated carbocycles. The summed E-state index contributed by atoms with van der Waals surface area (Å²) in [5, 5.41) is -0.0253. The van der Waals surface area contributed by atoms with E-state index in [1.807, 2.05) is 13.8 Å². The second-order valence-corrected chi connectivity index (χ2v) is 4.76. The van der Waals surface area contributed by atoms with Gasteiger partial charge in [0.05, 0.1) is 5.92 Å². The Morgan fingerprint density at radius 3 is 2.69 bits per heavy atom. The van der Waals surface area contributed by atoms with Crippen molar-refractivity contribution >= 4 is 29.2 Å². The zero-order valence-electron chi connectivity index (χ0n) is 9.20. The van der Waals surface area contributed by atoms with Crippen molar-refractivity contribution in [3.05, 3.63) is 0 Å². The Labute approximate surface area is 98.9 Å². The number of carbonyl (C=O) groups excluding carboxylic acids is 2. The van der Waals surface area contributed by atoms with Gasteiger partial charge >= 0.3 is 5.97 Å². The fourth-order valence-corrected chi connectivity index (χ4v) is 1.69. The SMILES string of the molecule is CC1(C)CC(CC(=O)NNC(N)=S)C(=O)O1. The first kappa shape index (κ1) is 12.7. The Balaban J connectivity index is 2.40. The van der Waals surface area contributed by atoms with Gasteiger partial charge in [0.25, 0.3) is 0 Å². The number of esters is 1. The lowest BCUT2D eigenvalue weighted by Gasteiger charge is -2.14. The first-order valence-corrected chi connectivity index (χ1v) is 5.28. The second kappa shape index (κ2) is 4.65. The largest absolute Gasteiger partial charge is 0.459 e. The molecule has 7 heteroatoms. The van der Waals surface area contributed by atoms with Crippen LogP contribution in [0.5, 0.6) is 0 Å². The van der Waals surface area contributed by atoms with Crippen LogP contribution in [-0.2, 0) is 14.3 Å². The van der Waals surface area contributed by atoms with Crippen molar-refractivity contribution in [1.29, 1.82) is 0 Å². The lowest BCUT2D eigenvalue weighted by atomic mass is 9.95. The van der Waals surface area contributed by atoms with Crippen molar-refractivity contribution in [2.24, 2.45) is 11.7 Å². The fourth-order valence-electron chi connectivity index (χ4n) is 1.64. The maximum atomic E-state index is 11.4. The smallest absolute Gasteiger partial charge is 0.310 e. The van der Waals surface area contributed by atoms with E-state index in [0.717, 1.165) is 0 Å². The van der Waals surface area contributed by atoms with Crippen LogP contribution in [0.15, 0.2) is 0 Å². The molecule has 1 saturated heterocycles. The maximum absolute atomic E-state index is 11.4. The lowest BCUT2D eigenvalue weighted by Crippen LogP contribution is -2.45. The number of carbonyl (C=O) groups is 2. The number of nitrogens with one attached hydrogen (secondary N) is 2. The highest BCUT2D eigenvalue weighted by Gasteiger charge is 2.40. The molecule has 16 heavy (non-hydrogen) atoms. The van der Waals surface area contributed by atoms with E-state index in [0.29, 0.717) is 6.42 Å². The lowest BCUT2D eigenvalue weighted by molar-refractivity contribution is -0.149. The minimum atomic E-state index is -0.487. The number of rotatable bonds is 2. The first-order chi connectivity index (χ1) is 7.30. The fraction of sp³-hybridized carbons (Fsp3) is 0.667. The minimum absolute atomic E-state index is 0.0253. The summed E-state index contributed by atoms with van der Waals surface area (Å²) in [7, 11) is 0. The number of hydrogen-bond donors (Lipinski definition) is 3. The van der Waals surface area contributed by atoms with E-state index in [9.17, 15) is 9.59 Å². The van der Waals surface area contributed by atoms with Crippen LogP contribution in [0.2, 0.25) is 0 Å². The molecule has 1 fully saturated rings. The van der Waals surface area contributed by atoms with Gasteiger partial charge in [-0.05, 0) is 26.1 Å². The quantitative estimate of drug-likeness (QED) is 0.348. The van der Waals surface area contributed by atoms with Gasteiger partial charge in [-0.2, -0.15) is 0 Å². The highest BCUT2D eigenvalue weighted by Crippen LogP contribution is 2.32. The van der Waals surface area contributed by atoms with Crippen molar-refractivity contribution in [1.82, 2.24) is 10.9 Å². The Bertz CT molecular complexity index is 330. The van der Waals surface area contributed by atoms with E-state index in [1.54, 1.807) is 0 Å². The number of nitrogens with two attached hydrogens (primary N) is 1. The molecule has 1 amide bonds. The van der Waals surface area contributed by atoms with E-state index in [2.05, 4.69) is 23.1 Å². The zero-order valence-corrected chi connectivity index (χ0v) is 10.0. The molecule has 1 atom stereocenters. The van der Waals surface area contributed by atoms with Gasteiger partial charge in [-0.1, -0.05) is 0 Å². The van der Waals surface area contributed by atoms with Crippen LogP contribution in [-0.4, -0.2) is 22.6 Å². The van der Waals surface area contributed by atoms with E-state index in [1.165, 1.54) is 0 Å². The molecule has 90 valence electrons. The summed E-state index contributed by atoms with van der Waals surface area (Å²) < 4.78 is 5.10. The van der Waals surface area contributed by atoms with Crippen molar-refractivity contribution in [3.63, 3.8) is 0 Å². The van der Waals surface area contributed by atoms with E-state index >= 15 is 0 Å². The third-order valence-corrected chi connectivity index (χ3v) is 2.31. The highest BCUT2D eigenvalue weighted by molar-refractivity contribution is 7.80. The topological polar surface area (TPSA) is 93.5 Å². The predicted molar refractivity (Wildman–Crippen MR) is 61.0 cm³/mol. The van der Waals surface area contributed by atoms with Gasteiger partial charge in [0.1, 0.15) is 5.60 Å². The molecule has 0 aromatic heterocycles. The van der Waals surface area contributed by atoms with E-state index < -0.39 is 11.5 Å². The van der Waals surface area contributed by atoms with Gasteiger partial charge in [-0.25, -0.2) is 0 Å². The van der Waals surface area contributed by atoms with Crippen molar-refractivity contribution < 1.29 is 14.3 Å². The molecule has 0 spiro atoms. The third-order valence-electron chi connectivity index (χ3n) is 2.21. The Hall–Kier alpha value is -1.37. The van der Waals surface area contributed by atoms with E-state index in [-0.39, 0.29) is 23.4 Å². The maximum Gasteiger partial charge on any atom is 0.310 e. The Morgan fingerprint density at radius 1 is 1.62 bits per heavy atom. The number of hydrogen-bond acceptors (Lipinski definition) is 4. The van der Waals surface area contributed by atoms with Crippen LogP contribution >= 0.6 is 12.2 Å². The molecule has 0 radical (unpaired) electrons. The van der Waals surface area contributed by atoms with Gasteiger partial charge in [-0.3, -0.25) is 20.4 Å². The molecule has 0 aliphatic carbocycles. The summed E-state index contributed by atoms with van der Waals surface area (Å²) in [6.45, 7) is 3.63. The first-order valence-electron chi connectivity index (χ1n) is 4.87. The van der Waals surface area contributed by atoms with Crippen LogP contribution in [0, 0.1) is 5.92 Å². The molecule has 1 unspecified atom stereocenters. The summed E-state index contributed by atoms with van der Waals surface area (Å²) in [5.41, 5.74) is 9.25. The monoisotopic (exact) mass is 245 g/mol. The highest BCUT2D eigenvalue weighted by atomic mass is 32.1. The van der Waals surface area contributed by atoms with Gasteiger partial charge in [-0.15, -0.1) is 0 Å². The van der Waals surface area contributed by atoms with Crippen LogP contribution in [0.4, 0.5) is 0 Å². The number of thiocarbonyl (C=S) groups is 1. The standard InChI is InChI=1S/C9H15N3O3S/c1-9(2)4-5(7(14)15-9)3-6(13)11-12-8(10)16/h5H,3-4H2,1-2H3,(H,11,13)(H3,10,12,16). The molecular weight excluding hydrogens is 230 g/mol. The number of ether oxygens (including phenoxy) is 1. The molecule has 1 rings (SSSR count). The number of cyclic esters (lactones) is 1. The van der Waals surface area contributed by atoms with Crippen LogP contribution in [0.1, 0.15) is 26.7 Å². The summed E-state index contributed by atoms with van der Waals surface area (Å²) in [4.78, 5) is 22.8. The molecule has 0 aromatic carbocycles. The summed E-state index contributed by atoms with van der Waals surface area (Å²) in [5.74, 6) is -1.08. The molecule has 4 N–H and O–H groups in total. The summed E-state index contributed by atoms with van der Waals surface area (Å²) in [6, 6.07) is 0. The average Bonchev–Trinajstić information content (AvgIpc) is 2.36. The van der Waals surface area contributed by atoms with Crippen LogP contribution in [0.3, 0.4) is 0 Å². The Morgan fingerprint density at radius 2 is 2.25 bits per heavy atom. The predicted octanol–water partition coefficient (Wildman–Crippen LogP) is -0.417. The van der Waals surface area contributed by atoms with Gasteiger partial charge < -0.3 is 10.5 Å². The number of hydrazine groups is 1. The van der Waals surface area contributed by atoms with E-state index in [4.69, 9.17) is 10.5 Å². The molecule has 1 aliphatic rings. The Kier molecular flexibility index (Phi) is 3.69. The average molecular weight is 245 g/mol.